The molecule has 2 aliphatic heterocycles. The molecule has 0 aromatic rings. The van der Waals surface area contributed by atoms with Gasteiger partial charge < -0.3 is 18.9 Å². The average Bonchev–Trinajstić information content (AvgIpc) is 2.62. The second kappa shape index (κ2) is 13.1. The largest absolute Gasteiger partial charge is 0.379 e. The molecule has 6 nitrogen and oxygen atoms in total. The lowest BCUT2D eigenvalue weighted by Gasteiger charge is -2.37. The van der Waals surface area contributed by atoms with Crippen LogP contribution in [0.15, 0.2) is 0 Å². The minimum Gasteiger partial charge on any atom is -0.379 e. The molecular formula is C22H44N2O4. The van der Waals surface area contributed by atoms with Gasteiger partial charge in [0.05, 0.1) is 37.1 Å². The fourth-order valence-corrected chi connectivity index (χ4v) is 4.17. The Morgan fingerprint density at radius 3 is 2.29 bits per heavy atom. The zero-order chi connectivity index (χ0) is 20.4. The molecule has 28 heavy (non-hydrogen) atoms. The van der Waals surface area contributed by atoms with Crippen LogP contribution in [0.25, 0.3) is 0 Å². The zero-order valence-electron chi connectivity index (χ0n) is 18.9. The number of hydrogen-bond acceptors (Lipinski definition) is 6. The van der Waals surface area contributed by atoms with Crippen molar-refractivity contribution in [2.24, 2.45) is 0 Å². The molecule has 0 aromatic heterocycles. The van der Waals surface area contributed by atoms with E-state index in [1.54, 1.807) is 0 Å². The van der Waals surface area contributed by atoms with E-state index in [9.17, 15) is 0 Å². The summed E-state index contributed by atoms with van der Waals surface area (Å²) in [4.78, 5) is 5.00. The molecule has 2 rings (SSSR count). The van der Waals surface area contributed by atoms with Gasteiger partial charge in [-0.25, -0.2) is 0 Å². The molecule has 0 saturated carbocycles. The lowest BCUT2D eigenvalue weighted by Crippen LogP contribution is -2.48. The van der Waals surface area contributed by atoms with Gasteiger partial charge in [0.1, 0.15) is 0 Å². The fraction of sp³-hybridized carbons (Fsp3) is 1.00. The highest BCUT2D eigenvalue weighted by Crippen LogP contribution is 2.17. The zero-order valence-corrected chi connectivity index (χ0v) is 18.9. The Kier molecular flexibility index (Phi) is 11.3. The highest BCUT2D eigenvalue weighted by Gasteiger charge is 2.26. The van der Waals surface area contributed by atoms with Crippen LogP contribution in [-0.2, 0) is 18.9 Å². The summed E-state index contributed by atoms with van der Waals surface area (Å²) >= 11 is 0. The van der Waals surface area contributed by atoms with Crippen molar-refractivity contribution in [3.63, 3.8) is 0 Å². The lowest BCUT2D eigenvalue weighted by atomic mass is 10.1. The first kappa shape index (κ1) is 24.0. The molecule has 2 aliphatic rings. The van der Waals surface area contributed by atoms with Gasteiger partial charge >= 0.3 is 0 Å². The quantitative estimate of drug-likeness (QED) is 0.469. The van der Waals surface area contributed by atoms with Crippen LogP contribution in [0.3, 0.4) is 0 Å². The maximum Gasteiger partial charge on any atom is 0.0730 e. The number of morpholine rings is 2. The van der Waals surface area contributed by atoms with Gasteiger partial charge in [-0.15, -0.1) is 0 Å². The van der Waals surface area contributed by atoms with Gasteiger partial charge in [0, 0.05) is 58.9 Å². The molecular weight excluding hydrogens is 356 g/mol. The summed E-state index contributed by atoms with van der Waals surface area (Å²) in [7, 11) is 0. The maximum atomic E-state index is 6.17. The van der Waals surface area contributed by atoms with Crippen LogP contribution in [0.5, 0.6) is 0 Å². The molecule has 0 N–H and O–H groups in total. The second-order valence-electron chi connectivity index (χ2n) is 8.85. The molecule has 0 spiro atoms. The monoisotopic (exact) mass is 400 g/mol. The summed E-state index contributed by atoms with van der Waals surface area (Å²) in [5.74, 6) is 0. The van der Waals surface area contributed by atoms with E-state index in [1.165, 1.54) is 0 Å². The van der Waals surface area contributed by atoms with Crippen molar-refractivity contribution in [1.82, 2.24) is 9.80 Å². The second-order valence-corrected chi connectivity index (χ2v) is 8.85. The minimum absolute atomic E-state index is 0.241. The van der Waals surface area contributed by atoms with Crippen molar-refractivity contribution in [1.29, 1.82) is 0 Å². The predicted octanol–water partition coefficient (Wildman–Crippen LogP) is 2.80. The summed E-state index contributed by atoms with van der Waals surface area (Å²) < 4.78 is 23.5. The number of hydrogen-bond donors (Lipinski definition) is 0. The van der Waals surface area contributed by atoms with Crippen LogP contribution in [0.4, 0.5) is 0 Å². The molecule has 0 amide bonds. The van der Waals surface area contributed by atoms with Crippen molar-refractivity contribution in [2.75, 3.05) is 59.1 Å². The standard InChI is InChI=1S/C22H44N2O4/c1-18(2)25-11-7-9-24-16-21(5)28-22(17-24)14-19(3)26-12-6-8-23-10-13-27-20(4)15-23/h18-22H,6-17H2,1-5H3/t19?,20-,21?,22?/m1/s1. The molecule has 4 atom stereocenters. The average molecular weight is 401 g/mol. The van der Waals surface area contributed by atoms with Gasteiger partial charge in [-0.1, -0.05) is 0 Å². The summed E-state index contributed by atoms with van der Waals surface area (Å²) in [6.07, 6.45) is 4.62. The van der Waals surface area contributed by atoms with E-state index in [-0.39, 0.29) is 12.2 Å². The molecule has 0 aromatic carbocycles. The van der Waals surface area contributed by atoms with Crippen molar-refractivity contribution in [3.8, 4) is 0 Å². The molecule has 0 aliphatic carbocycles. The normalized spacial score (nSPS) is 28.7. The van der Waals surface area contributed by atoms with Crippen molar-refractivity contribution < 1.29 is 18.9 Å². The lowest BCUT2D eigenvalue weighted by molar-refractivity contribution is -0.0985. The third-order valence-corrected chi connectivity index (χ3v) is 5.41. The van der Waals surface area contributed by atoms with E-state index >= 15 is 0 Å². The first-order chi connectivity index (χ1) is 13.4. The summed E-state index contributed by atoms with van der Waals surface area (Å²) in [6, 6.07) is 0. The van der Waals surface area contributed by atoms with Crippen molar-refractivity contribution >= 4 is 0 Å². The molecule has 166 valence electrons. The highest BCUT2D eigenvalue weighted by atomic mass is 16.5. The molecule has 2 saturated heterocycles. The number of nitrogens with zero attached hydrogens (tertiary/aromatic N) is 2. The van der Waals surface area contributed by atoms with Gasteiger partial charge in [-0.2, -0.15) is 0 Å². The summed E-state index contributed by atoms with van der Waals surface area (Å²) in [5.41, 5.74) is 0. The SMILES string of the molecule is CC(C)OCCCN1CC(C)OC(CC(C)OCCCN2CCO[C@H](C)C2)C1. The van der Waals surface area contributed by atoms with Gasteiger partial charge in [-0.05, 0) is 47.5 Å². The molecule has 2 fully saturated rings. The van der Waals surface area contributed by atoms with Crippen LogP contribution >= 0.6 is 0 Å². The fourth-order valence-electron chi connectivity index (χ4n) is 4.17. The van der Waals surface area contributed by atoms with Crippen LogP contribution in [0.1, 0.15) is 53.9 Å². The Morgan fingerprint density at radius 1 is 0.893 bits per heavy atom. The Hall–Kier alpha value is -0.240. The van der Waals surface area contributed by atoms with E-state index in [0.717, 1.165) is 78.4 Å². The first-order valence-corrected chi connectivity index (χ1v) is 11.4. The van der Waals surface area contributed by atoms with Gasteiger partial charge in [-0.3, -0.25) is 9.80 Å². The Labute approximate surface area is 172 Å². The summed E-state index contributed by atoms with van der Waals surface area (Å²) in [5, 5.41) is 0. The van der Waals surface area contributed by atoms with Gasteiger partial charge in [0.25, 0.3) is 0 Å². The van der Waals surface area contributed by atoms with E-state index in [2.05, 4.69) is 44.4 Å². The Balaban J connectivity index is 1.57. The van der Waals surface area contributed by atoms with Crippen molar-refractivity contribution in [2.45, 2.75) is 84.4 Å². The minimum atomic E-state index is 0.241. The number of rotatable bonds is 12. The first-order valence-electron chi connectivity index (χ1n) is 11.4. The molecule has 6 heteroatoms. The third-order valence-electron chi connectivity index (χ3n) is 5.41. The van der Waals surface area contributed by atoms with Crippen LogP contribution < -0.4 is 0 Å². The highest BCUT2D eigenvalue weighted by molar-refractivity contribution is 4.77. The molecule has 3 unspecified atom stereocenters. The van der Waals surface area contributed by atoms with E-state index in [1.807, 2.05) is 0 Å². The van der Waals surface area contributed by atoms with Crippen molar-refractivity contribution in [3.05, 3.63) is 0 Å². The van der Waals surface area contributed by atoms with Crippen LogP contribution in [0.2, 0.25) is 0 Å². The molecule has 2 heterocycles. The van der Waals surface area contributed by atoms with E-state index in [0.29, 0.717) is 18.3 Å². The predicted molar refractivity (Wildman–Crippen MR) is 113 cm³/mol. The summed E-state index contributed by atoms with van der Waals surface area (Å²) in [6.45, 7) is 19.5. The topological polar surface area (TPSA) is 43.4 Å². The number of ether oxygens (including phenoxy) is 4. The van der Waals surface area contributed by atoms with E-state index in [4.69, 9.17) is 18.9 Å². The Morgan fingerprint density at radius 2 is 1.57 bits per heavy atom. The van der Waals surface area contributed by atoms with Gasteiger partial charge in [0.2, 0.25) is 0 Å². The third kappa shape index (κ3) is 9.99. The Bertz CT molecular complexity index is 410. The molecule has 0 radical (unpaired) electrons. The van der Waals surface area contributed by atoms with Crippen LogP contribution in [0, 0.1) is 0 Å². The smallest absolute Gasteiger partial charge is 0.0730 e. The maximum absolute atomic E-state index is 6.17. The van der Waals surface area contributed by atoms with E-state index < -0.39 is 0 Å². The molecule has 0 bridgehead atoms. The van der Waals surface area contributed by atoms with Crippen LogP contribution in [-0.4, -0.2) is 99.4 Å². The van der Waals surface area contributed by atoms with Gasteiger partial charge in [0.15, 0.2) is 0 Å².